The minimum Gasteiger partial charge on any atom is -0.348 e. The molecule has 0 saturated heterocycles. The number of H-pyrrole nitrogens is 1. The maximum Gasteiger partial charge on any atom is 0.0925 e. The van der Waals surface area contributed by atoms with Gasteiger partial charge in [-0.1, -0.05) is 19.3 Å². The summed E-state index contributed by atoms with van der Waals surface area (Å²) in [5.74, 6) is 0.750. The van der Waals surface area contributed by atoms with Crippen LogP contribution in [0.3, 0.4) is 0 Å². The average Bonchev–Trinajstić information content (AvgIpc) is 2.86. The van der Waals surface area contributed by atoms with E-state index in [-0.39, 0.29) is 0 Å². The van der Waals surface area contributed by atoms with Crippen LogP contribution in [-0.4, -0.2) is 22.6 Å². The first-order valence-electron chi connectivity index (χ1n) is 6.86. The third-order valence-corrected chi connectivity index (χ3v) is 4.32. The number of hydrogen-bond donors (Lipinski definition) is 3. The number of imidazole rings is 1. The second-order valence-corrected chi connectivity index (χ2v) is 5.45. The lowest BCUT2D eigenvalue weighted by atomic mass is 9.80. The zero-order chi connectivity index (χ0) is 11.7. The first kappa shape index (κ1) is 11.2. The molecule has 4 N–H and O–H groups in total. The molecule has 94 valence electrons. The highest BCUT2D eigenvalue weighted by Gasteiger charge is 2.33. The van der Waals surface area contributed by atoms with Crippen molar-refractivity contribution in [2.45, 2.75) is 50.6 Å². The molecule has 0 aromatic carbocycles. The normalized spacial score (nSPS) is 30.2. The van der Waals surface area contributed by atoms with Crippen molar-refractivity contribution in [1.82, 2.24) is 15.3 Å². The van der Waals surface area contributed by atoms with Crippen LogP contribution in [0.25, 0.3) is 0 Å². The van der Waals surface area contributed by atoms with Gasteiger partial charge in [0.15, 0.2) is 0 Å². The lowest BCUT2D eigenvalue weighted by Crippen LogP contribution is -2.46. The molecule has 0 radical (unpaired) electrons. The standard InChI is InChI=1S/C13H22N4/c14-7-10-6-11-13(16-8-15-11)12(17-10)9-4-2-1-3-5-9/h8-10,12,17H,1-7,14H2,(H,15,16). The molecule has 3 rings (SSSR count). The van der Waals surface area contributed by atoms with Gasteiger partial charge in [-0.25, -0.2) is 4.98 Å². The quantitative estimate of drug-likeness (QED) is 0.726. The summed E-state index contributed by atoms with van der Waals surface area (Å²) in [4.78, 5) is 7.81. The van der Waals surface area contributed by atoms with E-state index >= 15 is 0 Å². The van der Waals surface area contributed by atoms with E-state index in [0.29, 0.717) is 18.6 Å². The Bertz CT molecular complexity index is 367. The Balaban J connectivity index is 1.83. The summed E-state index contributed by atoms with van der Waals surface area (Å²) < 4.78 is 0. The van der Waals surface area contributed by atoms with Crippen molar-refractivity contribution in [3.8, 4) is 0 Å². The summed E-state index contributed by atoms with van der Waals surface area (Å²) in [6.07, 6.45) is 9.64. The van der Waals surface area contributed by atoms with Crippen molar-refractivity contribution >= 4 is 0 Å². The van der Waals surface area contributed by atoms with Crippen LogP contribution in [0.2, 0.25) is 0 Å². The lowest BCUT2D eigenvalue weighted by Gasteiger charge is -2.36. The molecule has 0 bridgehead atoms. The largest absolute Gasteiger partial charge is 0.348 e. The molecule has 17 heavy (non-hydrogen) atoms. The zero-order valence-electron chi connectivity index (χ0n) is 10.3. The Morgan fingerprint density at radius 3 is 2.88 bits per heavy atom. The van der Waals surface area contributed by atoms with Crippen LogP contribution in [0.5, 0.6) is 0 Å². The predicted octanol–water partition coefficient (Wildman–Crippen LogP) is 1.50. The molecule has 2 aliphatic rings. The summed E-state index contributed by atoms with van der Waals surface area (Å²) in [5.41, 5.74) is 8.38. The maximum atomic E-state index is 5.82. The Kier molecular flexibility index (Phi) is 3.16. The van der Waals surface area contributed by atoms with Gasteiger partial charge < -0.3 is 16.0 Å². The van der Waals surface area contributed by atoms with Gasteiger partial charge in [-0.05, 0) is 18.8 Å². The van der Waals surface area contributed by atoms with Gasteiger partial charge in [0.1, 0.15) is 0 Å². The second-order valence-electron chi connectivity index (χ2n) is 5.45. The van der Waals surface area contributed by atoms with Gasteiger partial charge in [0.25, 0.3) is 0 Å². The van der Waals surface area contributed by atoms with Crippen molar-refractivity contribution in [2.75, 3.05) is 6.54 Å². The Labute approximate surface area is 102 Å². The summed E-state index contributed by atoms with van der Waals surface area (Å²) in [6.45, 7) is 0.710. The monoisotopic (exact) mass is 234 g/mol. The fraction of sp³-hybridized carbons (Fsp3) is 0.769. The molecule has 2 heterocycles. The summed E-state index contributed by atoms with van der Waals surface area (Å²) in [5, 5.41) is 3.71. The molecule has 1 aromatic heterocycles. The molecule has 4 heteroatoms. The van der Waals surface area contributed by atoms with Crippen LogP contribution in [0.15, 0.2) is 6.33 Å². The highest BCUT2D eigenvalue weighted by Crippen LogP contribution is 2.37. The first-order chi connectivity index (χ1) is 8.38. The van der Waals surface area contributed by atoms with E-state index < -0.39 is 0 Å². The number of nitrogens with one attached hydrogen (secondary N) is 2. The molecule has 1 aliphatic carbocycles. The van der Waals surface area contributed by atoms with Crippen molar-refractivity contribution < 1.29 is 0 Å². The van der Waals surface area contributed by atoms with Crippen molar-refractivity contribution in [3.05, 3.63) is 17.7 Å². The molecule has 4 nitrogen and oxygen atoms in total. The van der Waals surface area contributed by atoms with E-state index in [4.69, 9.17) is 5.73 Å². The zero-order valence-corrected chi connectivity index (χ0v) is 10.3. The average molecular weight is 234 g/mol. The molecule has 1 saturated carbocycles. The number of rotatable bonds is 2. The molecule has 1 aromatic rings. The fourth-order valence-corrected chi connectivity index (χ4v) is 3.38. The molecule has 2 atom stereocenters. The van der Waals surface area contributed by atoms with Crippen molar-refractivity contribution in [2.24, 2.45) is 11.7 Å². The highest BCUT2D eigenvalue weighted by atomic mass is 15.1. The minimum absolute atomic E-state index is 0.412. The van der Waals surface area contributed by atoms with E-state index in [1.54, 1.807) is 0 Å². The number of hydrogen-bond acceptors (Lipinski definition) is 3. The smallest absolute Gasteiger partial charge is 0.0925 e. The highest BCUT2D eigenvalue weighted by molar-refractivity contribution is 5.22. The second kappa shape index (κ2) is 4.78. The van der Waals surface area contributed by atoms with E-state index in [2.05, 4.69) is 15.3 Å². The summed E-state index contributed by atoms with van der Waals surface area (Å²) in [7, 11) is 0. The van der Waals surface area contributed by atoms with E-state index in [0.717, 1.165) is 12.3 Å². The Hall–Kier alpha value is -0.870. The van der Waals surface area contributed by atoms with Crippen LogP contribution in [-0.2, 0) is 6.42 Å². The van der Waals surface area contributed by atoms with Gasteiger partial charge in [0, 0.05) is 24.7 Å². The topological polar surface area (TPSA) is 66.7 Å². The van der Waals surface area contributed by atoms with Gasteiger partial charge in [-0.15, -0.1) is 0 Å². The molecule has 0 amide bonds. The minimum atomic E-state index is 0.412. The summed E-state index contributed by atoms with van der Waals surface area (Å²) in [6, 6.07) is 0.841. The molecule has 0 spiro atoms. The molecular weight excluding hydrogens is 212 g/mol. The predicted molar refractivity (Wildman–Crippen MR) is 67.6 cm³/mol. The Morgan fingerprint density at radius 2 is 2.12 bits per heavy atom. The van der Waals surface area contributed by atoms with Gasteiger partial charge in [0.05, 0.1) is 18.1 Å². The van der Waals surface area contributed by atoms with Gasteiger partial charge in [-0.3, -0.25) is 0 Å². The fourth-order valence-electron chi connectivity index (χ4n) is 3.38. The van der Waals surface area contributed by atoms with Gasteiger partial charge in [0.2, 0.25) is 0 Å². The van der Waals surface area contributed by atoms with Crippen LogP contribution < -0.4 is 11.1 Å². The van der Waals surface area contributed by atoms with E-state index in [1.165, 1.54) is 43.5 Å². The van der Waals surface area contributed by atoms with E-state index in [1.807, 2.05) is 6.33 Å². The molecule has 1 aliphatic heterocycles. The molecule has 1 fully saturated rings. The number of nitrogens with two attached hydrogens (primary N) is 1. The van der Waals surface area contributed by atoms with Crippen molar-refractivity contribution in [1.29, 1.82) is 0 Å². The number of aromatic nitrogens is 2. The first-order valence-corrected chi connectivity index (χ1v) is 6.86. The number of aromatic amines is 1. The molecule has 2 unspecified atom stereocenters. The van der Waals surface area contributed by atoms with Gasteiger partial charge in [-0.2, -0.15) is 0 Å². The summed E-state index contributed by atoms with van der Waals surface area (Å²) >= 11 is 0. The number of nitrogens with zero attached hydrogens (tertiary/aromatic N) is 1. The van der Waals surface area contributed by atoms with Crippen molar-refractivity contribution in [3.63, 3.8) is 0 Å². The van der Waals surface area contributed by atoms with E-state index in [9.17, 15) is 0 Å². The van der Waals surface area contributed by atoms with Crippen LogP contribution >= 0.6 is 0 Å². The maximum absolute atomic E-state index is 5.82. The van der Waals surface area contributed by atoms with Gasteiger partial charge >= 0.3 is 0 Å². The number of fused-ring (bicyclic) bond motifs is 1. The lowest BCUT2D eigenvalue weighted by molar-refractivity contribution is 0.238. The SMILES string of the molecule is NCC1Cc2[nH]cnc2C(C2CCCCC2)N1. The third-order valence-electron chi connectivity index (χ3n) is 4.32. The van der Waals surface area contributed by atoms with Crippen LogP contribution in [0.1, 0.15) is 49.5 Å². The van der Waals surface area contributed by atoms with Crippen LogP contribution in [0, 0.1) is 5.92 Å². The van der Waals surface area contributed by atoms with Crippen LogP contribution in [0.4, 0.5) is 0 Å². The third kappa shape index (κ3) is 2.11. The molecular formula is C13H22N4. The Morgan fingerprint density at radius 1 is 1.29 bits per heavy atom.